The molecule has 2 nitrogen and oxygen atoms in total. The predicted octanol–water partition coefficient (Wildman–Crippen LogP) is 3.52. The molecule has 0 unspecified atom stereocenters. The molecule has 92 valence electrons. The summed E-state index contributed by atoms with van der Waals surface area (Å²) >= 11 is 0. The average molecular weight is 239 g/mol. The van der Waals surface area contributed by atoms with Crippen molar-refractivity contribution in [1.82, 2.24) is 0 Å². The number of anilines is 1. The van der Waals surface area contributed by atoms with Crippen LogP contribution in [-0.4, -0.2) is 12.8 Å². The van der Waals surface area contributed by atoms with Gasteiger partial charge in [-0.2, -0.15) is 0 Å². The Morgan fingerprint density at radius 3 is 2.39 bits per heavy atom. The molecule has 0 aliphatic rings. The molecule has 0 spiro atoms. The van der Waals surface area contributed by atoms with Crippen LogP contribution in [0.1, 0.15) is 28.4 Å². The summed E-state index contributed by atoms with van der Waals surface area (Å²) in [4.78, 5) is 12.3. The van der Waals surface area contributed by atoms with Gasteiger partial charge < -0.3 is 5.32 Å². The van der Waals surface area contributed by atoms with Crippen molar-refractivity contribution in [3.05, 3.63) is 65.2 Å². The molecule has 18 heavy (non-hydrogen) atoms. The molecule has 0 amide bonds. The Labute approximate surface area is 108 Å². The maximum atomic E-state index is 12.3. The quantitative estimate of drug-likeness (QED) is 0.827. The Kier molecular flexibility index (Phi) is 3.78. The van der Waals surface area contributed by atoms with Gasteiger partial charge in [-0.05, 0) is 24.1 Å². The van der Waals surface area contributed by atoms with Crippen molar-refractivity contribution >= 4 is 11.5 Å². The first-order valence-electron chi connectivity index (χ1n) is 6.16. The number of rotatable bonds is 4. The number of nitrogens with one attached hydrogen (secondary N) is 1. The number of aryl methyl sites for hydroxylation is 1. The highest BCUT2D eigenvalue weighted by molar-refractivity contribution is 6.09. The summed E-state index contributed by atoms with van der Waals surface area (Å²) in [5, 5.41) is 3.04. The zero-order valence-electron chi connectivity index (χ0n) is 10.7. The summed E-state index contributed by atoms with van der Waals surface area (Å²) in [5.41, 5.74) is 3.65. The van der Waals surface area contributed by atoms with Crippen LogP contribution in [0.3, 0.4) is 0 Å². The topological polar surface area (TPSA) is 29.1 Å². The van der Waals surface area contributed by atoms with Gasteiger partial charge in [-0.25, -0.2) is 0 Å². The molecule has 0 aliphatic heterocycles. The summed E-state index contributed by atoms with van der Waals surface area (Å²) in [6, 6.07) is 15.4. The minimum absolute atomic E-state index is 0.0646. The number of ketones is 1. The van der Waals surface area contributed by atoms with Crippen LogP contribution in [0.15, 0.2) is 48.5 Å². The van der Waals surface area contributed by atoms with E-state index in [-0.39, 0.29) is 5.78 Å². The lowest BCUT2D eigenvalue weighted by Gasteiger charge is -2.05. The minimum Gasteiger partial charge on any atom is -0.388 e. The van der Waals surface area contributed by atoms with Gasteiger partial charge in [0.15, 0.2) is 5.78 Å². The van der Waals surface area contributed by atoms with Crippen LogP contribution in [0.25, 0.3) is 0 Å². The van der Waals surface area contributed by atoms with Gasteiger partial charge in [-0.15, -0.1) is 0 Å². The molecule has 0 radical (unpaired) electrons. The first-order valence-corrected chi connectivity index (χ1v) is 6.16. The van der Waals surface area contributed by atoms with Crippen LogP contribution >= 0.6 is 0 Å². The first-order chi connectivity index (χ1) is 8.74. The van der Waals surface area contributed by atoms with E-state index in [9.17, 15) is 4.79 Å². The molecule has 0 saturated heterocycles. The van der Waals surface area contributed by atoms with Gasteiger partial charge in [0.25, 0.3) is 0 Å². The van der Waals surface area contributed by atoms with Crippen molar-refractivity contribution in [3.8, 4) is 0 Å². The van der Waals surface area contributed by atoms with Crippen molar-refractivity contribution in [2.45, 2.75) is 13.3 Å². The lowest BCUT2D eigenvalue weighted by Crippen LogP contribution is -2.02. The van der Waals surface area contributed by atoms with Crippen molar-refractivity contribution in [2.75, 3.05) is 12.4 Å². The van der Waals surface area contributed by atoms with Crippen molar-refractivity contribution in [3.63, 3.8) is 0 Å². The van der Waals surface area contributed by atoms with E-state index in [1.165, 1.54) is 5.56 Å². The summed E-state index contributed by atoms with van der Waals surface area (Å²) in [6.45, 7) is 2.10. The Bertz CT molecular complexity index is 543. The Balaban J connectivity index is 2.29. The number of carbonyl (C=O) groups is 1. The second-order valence-corrected chi connectivity index (χ2v) is 4.21. The van der Waals surface area contributed by atoms with Gasteiger partial charge in [0, 0.05) is 23.9 Å². The van der Waals surface area contributed by atoms with Crippen molar-refractivity contribution in [1.29, 1.82) is 0 Å². The van der Waals surface area contributed by atoms with E-state index < -0.39 is 0 Å². The van der Waals surface area contributed by atoms with Crippen LogP contribution in [0.5, 0.6) is 0 Å². The van der Waals surface area contributed by atoms with E-state index in [1.54, 1.807) is 0 Å². The van der Waals surface area contributed by atoms with Gasteiger partial charge in [-0.1, -0.05) is 43.3 Å². The molecule has 2 rings (SSSR count). The zero-order chi connectivity index (χ0) is 13.0. The van der Waals surface area contributed by atoms with Crippen molar-refractivity contribution < 1.29 is 4.79 Å². The zero-order valence-corrected chi connectivity index (χ0v) is 10.7. The lowest BCUT2D eigenvalue weighted by atomic mass is 10.0. The van der Waals surface area contributed by atoms with Crippen LogP contribution in [0.2, 0.25) is 0 Å². The SMILES string of the molecule is CCc1ccc(C(=O)c2cccc(NC)c2)cc1. The maximum Gasteiger partial charge on any atom is 0.193 e. The molecule has 0 aliphatic carbocycles. The van der Waals surface area contributed by atoms with E-state index >= 15 is 0 Å². The number of hydrogen-bond donors (Lipinski definition) is 1. The molecular weight excluding hydrogens is 222 g/mol. The van der Waals surface area contributed by atoms with Gasteiger partial charge in [0.05, 0.1) is 0 Å². The van der Waals surface area contributed by atoms with E-state index in [0.29, 0.717) is 5.56 Å². The van der Waals surface area contributed by atoms with Gasteiger partial charge in [0.2, 0.25) is 0 Å². The van der Waals surface area contributed by atoms with Gasteiger partial charge >= 0.3 is 0 Å². The molecule has 0 bridgehead atoms. The minimum atomic E-state index is 0.0646. The van der Waals surface area contributed by atoms with Gasteiger partial charge in [0.1, 0.15) is 0 Å². The second kappa shape index (κ2) is 5.50. The highest BCUT2D eigenvalue weighted by Crippen LogP contribution is 2.15. The normalized spacial score (nSPS) is 10.1. The smallest absolute Gasteiger partial charge is 0.193 e. The number of carbonyl (C=O) groups excluding carboxylic acids is 1. The second-order valence-electron chi connectivity index (χ2n) is 4.21. The molecule has 2 aromatic carbocycles. The van der Waals surface area contributed by atoms with Crippen LogP contribution in [0, 0.1) is 0 Å². The van der Waals surface area contributed by atoms with Crippen LogP contribution in [0.4, 0.5) is 5.69 Å². The Hall–Kier alpha value is -2.09. The molecule has 1 N–H and O–H groups in total. The molecule has 0 fully saturated rings. The number of hydrogen-bond acceptors (Lipinski definition) is 2. The molecule has 2 heteroatoms. The van der Waals surface area contributed by atoms with E-state index in [4.69, 9.17) is 0 Å². The van der Waals surface area contributed by atoms with Gasteiger partial charge in [-0.3, -0.25) is 4.79 Å². The fraction of sp³-hybridized carbons (Fsp3) is 0.188. The number of benzene rings is 2. The summed E-state index contributed by atoms with van der Waals surface area (Å²) in [6.07, 6.45) is 0.990. The summed E-state index contributed by atoms with van der Waals surface area (Å²) in [7, 11) is 1.85. The molecule has 0 heterocycles. The monoisotopic (exact) mass is 239 g/mol. The predicted molar refractivity (Wildman–Crippen MR) is 75.2 cm³/mol. The average Bonchev–Trinajstić information content (AvgIpc) is 2.46. The maximum absolute atomic E-state index is 12.3. The highest BCUT2D eigenvalue weighted by atomic mass is 16.1. The van der Waals surface area contributed by atoms with E-state index in [2.05, 4.69) is 12.2 Å². The highest BCUT2D eigenvalue weighted by Gasteiger charge is 2.08. The molecule has 0 atom stereocenters. The molecular formula is C16H17NO. The molecule has 0 saturated carbocycles. The van der Waals surface area contributed by atoms with Crippen LogP contribution < -0.4 is 5.32 Å². The van der Waals surface area contributed by atoms with E-state index in [0.717, 1.165) is 17.7 Å². The fourth-order valence-electron chi connectivity index (χ4n) is 1.87. The van der Waals surface area contributed by atoms with Crippen molar-refractivity contribution in [2.24, 2.45) is 0 Å². The lowest BCUT2D eigenvalue weighted by molar-refractivity contribution is 0.103. The largest absolute Gasteiger partial charge is 0.388 e. The third-order valence-corrected chi connectivity index (χ3v) is 3.04. The van der Waals surface area contributed by atoms with Crippen LogP contribution in [-0.2, 0) is 6.42 Å². The molecule has 0 aromatic heterocycles. The third-order valence-electron chi connectivity index (χ3n) is 3.04. The third kappa shape index (κ3) is 2.59. The summed E-state index contributed by atoms with van der Waals surface area (Å²) < 4.78 is 0. The Morgan fingerprint density at radius 1 is 1.06 bits per heavy atom. The molecule has 2 aromatic rings. The fourth-order valence-corrected chi connectivity index (χ4v) is 1.87. The van der Waals surface area contributed by atoms with E-state index in [1.807, 2.05) is 55.6 Å². The Morgan fingerprint density at radius 2 is 1.78 bits per heavy atom. The summed E-state index contributed by atoms with van der Waals surface area (Å²) in [5.74, 6) is 0.0646. The first kappa shape index (κ1) is 12.4. The standard InChI is InChI=1S/C16H17NO/c1-3-12-7-9-13(10-8-12)16(18)14-5-4-6-15(11-14)17-2/h4-11,17H,3H2,1-2H3.